The summed E-state index contributed by atoms with van der Waals surface area (Å²) in [5, 5.41) is 26.4. The molecule has 1 heterocycles. The van der Waals surface area contributed by atoms with Crippen molar-refractivity contribution in [3.8, 4) is 11.4 Å². The van der Waals surface area contributed by atoms with E-state index in [9.17, 15) is 9.90 Å². The maximum absolute atomic E-state index is 12.0. The molecule has 0 bridgehead atoms. The van der Waals surface area contributed by atoms with Crippen LogP contribution in [-0.2, 0) is 0 Å². The van der Waals surface area contributed by atoms with Crippen molar-refractivity contribution in [2.45, 2.75) is 32.3 Å². The SMILES string of the molecule is CCCC(C)(O)CNC(=O)c1ccc(-c2nn[nH]n2)cc1. The summed E-state index contributed by atoms with van der Waals surface area (Å²) in [6.45, 7) is 3.94. The van der Waals surface area contributed by atoms with Crippen LogP contribution in [-0.4, -0.2) is 43.8 Å². The number of tetrazole rings is 1. The normalized spacial score (nSPS) is 13.7. The highest BCUT2D eigenvalue weighted by atomic mass is 16.3. The number of aromatic amines is 1. The summed E-state index contributed by atoms with van der Waals surface area (Å²) in [7, 11) is 0. The molecular weight excluding hydrogens is 270 g/mol. The Balaban J connectivity index is 1.97. The lowest BCUT2D eigenvalue weighted by molar-refractivity contribution is 0.0469. The average molecular weight is 289 g/mol. The van der Waals surface area contributed by atoms with E-state index in [4.69, 9.17) is 0 Å². The van der Waals surface area contributed by atoms with Gasteiger partial charge in [-0.05, 0) is 30.7 Å². The van der Waals surface area contributed by atoms with Crippen LogP contribution in [0.5, 0.6) is 0 Å². The smallest absolute Gasteiger partial charge is 0.251 e. The van der Waals surface area contributed by atoms with Crippen LogP contribution in [0.4, 0.5) is 0 Å². The van der Waals surface area contributed by atoms with E-state index in [-0.39, 0.29) is 12.5 Å². The Morgan fingerprint density at radius 2 is 2.10 bits per heavy atom. The number of nitrogens with zero attached hydrogens (tertiary/aromatic N) is 3. The summed E-state index contributed by atoms with van der Waals surface area (Å²) in [4.78, 5) is 12.0. The minimum Gasteiger partial charge on any atom is -0.388 e. The van der Waals surface area contributed by atoms with Crippen molar-refractivity contribution in [1.29, 1.82) is 0 Å². The number of benzene rings is 1. The topological polar surface area (TPSA) is 104 Å². The van der Waals surface area contributed by atoms with Crippen molar-refractivity contribution in [3.05, 3.63) is 29.8 Å². The van der Waals surface area contributed by atoms with Crippen LogP contribution in [0.15, 0.2) is 24.3 Å². The van der Waals surface area contributed by atoms with Crippen molar-refractivity contribution in [2.24, 2.45) is 0 Å². The summed E-state index contributed by atoms with van der Waals surface area (Å²) < 4.78 is 0. The third-order valence-corrected chi connectivity index (χ3v) is 3.17. The first kappa shape index (κ1) is 15.1. The summed E-state index contributed by atoms with van der Waals surface area (Å²) in [5.41, 5.74) is 0.419. The number of rotatable bonds is 6. The van der Waals surface area contributed by atoms with Crippen LogP contribution in [0, 0.1) is 0 Å². The third-order valence-electron chi connectivity index (χ3n) is 3.17. The van der Waals surface area contributed by atoms with Gasteiger partial charge in [-0.1, -0.05) is 25.5 Å². The predicted molar refractivity (Wildman–Crippen MR) is 77.5 cm³/mol. The number of hydrogen-bond donors (Lipinski definition) is 3. The summed E-state index contributed by atoms with van der Waals surface area (Å²) in [5.74, 6) is 0.263. The molecule has 0 aliphatic carbocycles. The lowest BCUT2D eigenvalue weighted by Gasteiger charge is -2.22. The molecule has 1 aromatic heterocycles. The monoisotopic (exact) mass is 289 g/mol. The van der Waals surface area contributed by atoms with Gasteiger partial charge in [0, 0.05) is 17.7 Å². The van der Waals surface area contributed by atoms with Gasteiger partial charge in [-0.2, -0.15) is 5.21 Å². The van der Waals surface area contributed by atoms with Crippen molar-refractivity contribution >= 4 is 5.91 Å². The Labute approximate surface area is 122 Å². The summed E-state index contributed by atoms with van der Waals surface area (Å²) >= 11 is 0. The van der Waals surface area contributed by atoms with Crippen LogP contribution in [0.3, 0.4) is 0 Å². The molecule has 0 aliphatic rings. The van der Waals surface area contributed by atoms with Gasteiger partial charge in [0.2, 0.25) is 5.82 Å². The average Bonchev–Trinajstić information content (AvgIpc) is 2.99. The van der Waals surface area contributed by atoms with Gasteiger partial charge in [-0.3, -0.25) is 4.79 Å². The number of aliphatic hydroxyl groups is 1. The van der Waals surface area contributed by atoms with Crippen LogP contribution in [0.25, 0.3) is 11.4 Å². The van der Waals surface area contributed by atoms with Crippen LogP contribution >= 0.6 is 0 Å². The molecule has 0 aliphatic heterocycles. The fourth-order valence-electron chi connectivity index (χ4n) is 2.05. The van der Waals surface area contributed by atoms with E-state index in [0.29, 0.717) is 17.8 Å². The highest BCUT2D eigenvalue weighted by Gasteiger charge is 2.20. The molecule has 0 saturated carbocycles. The minimum absolute atomic E-state index is 0.217. The second-order valence-electron chi connectivity index (χ2n) is 5.24. The minimum atomic E-state index is -0.880. The summed E-state index contributed by atoms with van der Waals surface area (Å²) in [6.07, 6.45) is 1.51. The molecule has 7 heteroatoms. The fourth-order valence-corrected chi connectivity index (χ4v) is 2.05. The number of hydrogen-bond acceptors (Lipinski definition) is 5. The standard InChI is InChI=1S/C14H19N5O2/c1-3-8-14(2,21)9-15-13(20)11-6-4-10(5-7-11)12-16-18-19-17-12/h4-7,21H,3,8-9H2,1-2H3,(H,15,20)(H,16,17,18,19). The van der Waals surface area contributed by atoms with Gasteiger partial charge >= 0.3 is 0 Å². The Kier molecular flexibility index (Phi) is 4.64. The van der Waals surface area contributed by atoms with Gasteiger partial charge < -0.3 is 10.4 Å². The molecule has 7 nitrogen and oxygen atoms in total. The highest BCUT2D eigenvalue weighted by molar-refractivity contribution is 5.94. The van der Waals surface area contributed by atoms with Crippen molar-refractivity contribution in [2.75, 3.05) is 6.54 Å². The fraction of sp³-hybridized carbons (Fsp3) is 0.429. The van der Waals surface area contributed by atoms with Gasteiger partial charge in [0.15, 0.2) is 0 Å². The molecule has 2 aromatic rings. The number of H-pyrrole nitrogens is 1. The predicted octanol–water partition coefficient (Wildman–Crippen LogP) is 1.15. The lowest BCUT2D eigenvalue weighted by atomic mass is 10.0. The first-order valence-corrected chi connectivity index (χ1v) is 6.86. The van der Waals surface area contributed by atoms with Crippen LogP contribution < -0.4 is 5.32 Å². The molecule has 1 atom stereocenters. The Morgan fingerprint density at radius 1 is 1.38 bits per heavy atom. The van der Waals surface area contributed by atoms with Crippen LogP contribution in [0.1, 0.15) is 37.0 Å². The van der Waals surface area contributed by atoms with Crippen molar-refractivity contribution in [3.63, 3.8) is 0 Å². The van der Waals surface area contributed by atoms with Crippen LogP contribution in [0.2, 0.25) is 0 Å². The maximum Gasteiger partial charge on any atom is 0.251 e. The Hall–Kier alpha value is -2.28. The first-order chi connectivity index (χ1) is 10.0. The van der Waals surface area contributed by atoms with E-state index in [1.165, 1.54) is 0 Å². The highest BCUT2D eigenvalue weighted by Crippen LogP contribution is 2.14. The van der Waals surface area contributed by atoms with Gasteiger partial charge in [-0.25, -0.2) is 0 Å². The molecule has 2 rings (SSSR count). The third kappa shape index (κ3) is 4.09. The quantitative estimate of drug-likeness (QED) is 0.740. The molecule has 1 aromatic carbocycles. The molecule has 0 spiro atoms. The molecule has 21 heavy (non-hydrogen) atoms. The molecule has 3 N–H and O–H groups in total. The first-order valence-electron chi connectivity index (χ1n) is 6.86. The van der Waals surface area contributed by atoms with E-state index < -0.39 is 5.60 Å². The van der Waals surface area contributed by atoms with E-state index >= 15 is 0 Å². The molecular formula is C14H19N5O2. The molecule has 0 saturated heterocycles. The number of carbonyl (C=O) groups is 1. The van der Waals surface area contributed by atoms with Gasteiger partial charge in [0.1, 0.15) is 0 Å². The van der Waals surface area contributed by atoms with E-state index in [1.54, 1.807) is 31.2 Å². The van der Waals surface area contributed by atoms with Gasteiger partial charge in [-0.15, -0.1) is 10.2 Å². The largest absolute Gasteiger partial charge is 0.388 e. The Bertz CT molecular complexity index is 578. The van der Waals surface area contributed by atoms with E-state index in [2.05, 4.69) is 25.9 Å². The van der Waals surface area contributed by atoms with Gasteiger partial charge in [0.25, 0.3) is 5.91 Å². The molecule has 112 valence electrons. The zero-order valence-electron chi connectivity index (χ0n) is 12.1. The summed E-state index contributed by atoms with van der Waals surface area (Å²) in [6, 6.07) is 6.89. The van der Waals surface area contributed by atoms with E-state index in [0.717, 1.165) is 12.0 Å². The molecule has 1 unspecified atom stereocenters. The maximum atomic E-state index is 12.0. The second kappa shape index (κ2) is 6.45. The van der Waals surface area contributed by atoms with Crippen molar-refractivity contribution < 1.29 is 9.90 Å². The molecule has 0 fully saturated rings. The zero-order valence-corrected chi connectivity index (χ0v) is 12.1. The molecule has 0 radical (unpaired) electrons. The number of aromatic nitrogens is 4. The lowest BCUT2D eigenvalue weighted by Crippen LogP contribution is -2.40. The number of carbonyl (C=O) groups excluding carboxylic acids is 1. The van der Waals surface area contributed by atoms with Crippen molar-refractivity contribution in [1.82, 2.24) is 25.9 Å². The van der Waals surface area contributed by atoms with E-state index in [1.807, 2.05) is 6.92 Å². The zero-order chi connectivity index (χ0) is 15.3. The number of amides is 1. The molecule has 1 amide bonds. The number of nitrogens with one attached hydrogen (secondary N) is 2. The second-order valence-corrected chi connectivity index (χ2v) is 5.24. The Morgan fingerprint density at radius 3 is 2.67 bits per heavy atom. The van der Waals surface area contributed by atoms with Gasteiger partial charge in [0.05, 0.1) is 5.60 Å².